The average Bonchev–Trinajstić information content (AvgIpc) is 3.98. The Bertz CT molecular complexity index is 2620. The lowest BCUT2D eigenvalue weighted by atomic mass is 9.47. The van der Waals surface area contributed by atoms with Gasteiger partial charge in [0.25, 0.3) is 15.6 Å². The Kier molecular flexibility index (Phi) is 17.0. The Morgan fingerprint density at radius 2 is 1.75 bits per heavy atom. The Hall–Kier alpha value is -3.29. The van der Waals surface area contributed by atoms with E-state index in [0.717, 1.165) is 55.7 Å². The highest BCUT2D eigenvalue weighted by molar-refractivity contribution is 8.13. The van der Waals surface area contributed by atoms with Crippen LogP contribution in [0.5, 0.6) is 0 Å². The Balaban J connectivity index is 0.803. The van der Waals surface area contributed by atoms with Gasteiger partial charge in [-0.15, -0.1) is 0 Å². The third kappa shape index (κ3) is 12.4. The molecule has 4 fully saturated rings. The smallest absolute Gasteiger partial charge is 0.274 e. The number of nitrogen functional groups attached to an aromatic ring is 1. The second kappa shape index (κ2) is 21.7. The third-order valence-electron chi connectivity index (χ3n) is 15.3. The molecule has 5 aliphatic rings. The van der Waals surface area contributed by atoms with Gasteiger partial charge < -0.3 is 69.0 Å². The van der Waals surface area contributed by atoms with Crippen LogP contribution in [-0.4, -0.2) is 109 Å². The van der Waals surface area contributed by atoms with E-state index in [9.17, 15) is 62.7 Å². The van der Waals surface area contributed by atoms with Gasteiger partial charge >= 0.3 is 0 Å². The first-order valence-corrected chi connectivity index (χ1v) is 28.9. The molecule has 3 saturated carbocycles. The van der Waals surface area contributed by atoms with Crippen LogP contribution in [0.25, 0.3) is 11.2 Å². The van der Waals surface area contributed by atoms with Crippen molar-refractivity contribution in [3.63, 3.8) is 0 Å². The minimum atomic E-state index is -5.94. The van der Waals surface area contributed by atoms with Gasteiger partial charge in [0, 0.05) is 42.0 Å². The molecule has 72 heavy (non-hydrogen) atoms. The summed E-state index contributed by atoms with van der Waals surface area (Å²) in [6.07, 6.45) is 4.20. The van der Waals surface area contributed by atoms with Gasteiger partial charge in [-0.3, -0.25) is 32.9 Å². The fourth-order valence-electron chi connectivity index (χ4n) is 11.6. The molecule has 0 spiro atoms. The van der Waals surface area contributed by atoms with E-state index >= 15 is 0 Å². The molecule has 400 valence electrons. The normalized spacial score (nSPS) is 31.9. The van der Waals surface area contributed by atoms with Crippen LogP contribution in [-0.2, 0) is 55.5 Å². The molecule has 1 saturated heterocycles. The van der Waals surface area contributed by atoms with Gasteiger partial charge in [-0.1, -0.05) is 58.0 Å². The molecule has 14 atom stereocenters. The fraction of sp³-hybridized carbons (Fsp3) is 0.698. The molecule has 6 N–H and O–H groups in total. The van der Waals surface area contributed by atoms with Crippen molar-refractivity contribution in [2.45, 2.75) is 110 Å². The van der Waals surface area contributed by atoms with Gasteiger partial charge in [0.1, 0.15) is 36.3 Å². The quantitative estimate of drug-likeness (QED) is 0.0848. The van der Waals surface area contributed by atoms with Crippen LogP contribution >= 0.6 is 35.2 Å². The number of aliphatic hydroxyl groups is 2. The maximum Gasteiger partial charge on any atom is 0.274 e. The van der Waals surface area contributed by atoms with E-state index in [1.807, 2.05) is 13.0 Å². The molecule has 2 amide bonds. The number of carbonyl (C=O) groups excluding carboxylic acids is 4. The van der Waals surface area contributed by atoms with Crippen molar-refractivity contribution >= 4 is 74.9 Å². The number of nitrogens with two attached hydrogens (primary N) is 1. The fourth-order valence-corrected chi connectivity index (χ4v) is 15.2. The summed E-state index contributed by atoms with van der Waals surface area (Å²) in [5.41, 5.74) is 5.28. The highest BCUT2D eigenvalue weighted by Gasteiger charge is 2.59. The first-order valence-electron chi connectivity index (χ1n) is 23.5. The number of phosphoric ester groups is 3. The van der Waals surface area contributed by atoms with Gasteiger partial charge in [-0.2, -0.15) is 0 Å². The SMILES string of the molecule is C[C@H](C(=O)SCCNC(=O)CCNC(=O)[C@H](O)C(C)(C)COP(=O)([O-])OP(=O)([O-])OC[C@H]1O[C@@H](n2cnc3c(N)ncnc32)[C@H](O)[C@@H]1OP(=O)([O-])[O-])[C@H]1CC[C@H]2[C@@H]3CCC4=CC(=O)C=C[C@]4(C)[C@H]3CC[C@]12C. The summed E-state index contributed by atoms with van der Waals surface area (Å²) in [5, 5.41) is 26.8. The van der Waals surface area contributed by atoms with E-state index in [1.165, 1.54) is 31.2 Å². The Morgan fingerprint density at radius 3 is 2.47 bits per heavy atom. The second-order valence-electron chi connectivity index (χ2n) is 20.3. The minimum absolute atomic E-state index is 0.0224. The number of fused-ring (bicyclic) bond motifs is 6. The number of rotatable bonds is 21. The van der Waals surface area contributed by atoms with Crippen LogP contribution in [0.1, 0.15) is 85.8 Å². The van der Waals surface area contributed by atoms with Crippen molar-refractivity contribution < 1.29 is 85.3 Å². The Labute approximate surface area is 419 Å². The summed E-state index contributed by atoms with van der Waals surface area (Å²) in [5.74, 6) is 0.492. The number of phosphoric acid groups is 3. The average molecular weight is 1090 g/mol. The number of hydrogen-bond acceptors (Lipinski definition) is 23. The van der Waals surface area contributed by atoms with Crippen LogP contribution < -0.4 is 35.9 Å². The molecule has 2 aromatic heterocycles. The Morgan fingerprint density at radius 1 is 1.03 bits per heavy atom. The number of nitrogens with one attached hydrogen (secondary N) is 2. The number of ether oxygens (including phenoxy) is 1. The lowest BCUT2D eigenvalue weighted by Gasteiger charge is -2.57. The topological polar surface area (TPSA) is 392 Å². The number of ketones is 1. The minimum Gasteiger partial charge on any atom is -0.790 e. The molecule has 1 aliphatic heterocycles. The molecule has 0 radical (unpaired) electrons. The van der Waals surface area contributed by atoms with Gasteiger partial charge in [0.05, 0.1) is 27.4 Å². The zero-order valence-corrected chi connectivity index (χ0v) is 43.7. The summed E-state index contributed by atoms with van der Waals surface area (Å²) in [4.78, 5) is 111. The van der Waals surface area contributed by atoms with Crippen LogP contribution in [0.3, 0.4) is 0 Å². The van der Waals surface area contributed by atoms with Crippen molar-refractivity contribution in [2.75, 3.05) is 37.8 Å². The highest BCUT2D eigenvalue weighted by atomic mass is 32.2. The largest absolute Gasteiger partial charge is 0.790 e. The van der Waals surface area contributed by atoms with Crippen LogP contribution in [0, 0.1) is 45.8 Å². The molecular weight excluding hydrogens is 1030 g/mol. The summed E-state index contributed by atoms with van der Waals surface area (Å²) < 4.78 is 61.1. The summed E-state index contributed by atoms with van der Waals surface area (Å²) in [6.45, 7) is 6.76. The number of aromatic nitrogens is 4. The summed E-state index contributed by atoms with van der Waals surface area (Å²) >= 11 is 1.18. The van der Waals surface area contributed by atoms with Crippen molar-refractivity contribution in [2.24, 2.45) is 45.8 Å². The first kappa shape index (κ1) is 56.4. The molecule has 0 aromatic carbocycles. The predicted octanol–water partition coefficient (Wildman–Crippen LogP) is 0.697. The molecule has 7 rings (SSSR count). The highest BCUT2D eigenvalue weighted by Crippen LogP contribution is 2.67. The van der Waals surface area contributed by atoms with E-state index in [-0.39, 0.29) is 70.1 Å². The van der Waals surface area contributed by atoms with Gasteiger partial charge in [-0.05, 0) is 79.8 Å². The van der Waals surface area contributed by atoms with E-state index in [4.69, 9.17) is 10.5 Å². The lowest BCUT2D eigenvalue weighted by Crippen LogP contribution is -2.50. The predicted molar refractivity (Wildman–Crippen MR) is 247 cm³/mol. The summed E-state index contributed by atoms with van der Waals surface area (Å²) in [6, 6.07) is 0. The maximum absolute atomic E-state index is 13.5. The second-order valence-corrected chi connectivity index (χ2v) is 25.4. The standard InChI is InChI=1S/C43H64N7O18P3S/c1-23(27-8-9-28-26-7-6-24-18-25(51)10-13-42(24,4)29(26)11-14-43(27,28)5)40(56)72-17-16-45-31(52)12-15-46-38(55)35(54)41(2,3)20-65-71(62,63)68-70(60,61)64-19-30-34(67-69(57,58)59)33(53)39(66-30)50-22-49-32-36(44)47-21-48-37(32)50/h10,13,18,21-23,26-30,33-35,39,53-54H,6-9,11-12,14-17,19-20H2,1-5H3,(H,45,52)(H,46,55)(H,60,61)(H,62,63)(H2,44,47,48)(H2,57,58,59)/p-4/t23-,26-,27+,28-,29-,30+,33+,34+,35-,39+,42-,43+/m0/s1. The first-order chi connectivity index (χ1) is 33.6. The van der Waals surface area contributed by atoms with E-state index in [0.29, 0.717) is 23.5 Å². The van der Waals surface area contributed by atoms with E-state index < -0.39 is 84.6 Å². The number of allylic oxidation sites excluding steroid dienone is 4. The zero-order chi connectivity index (χ0) is 52.8. The number of thioether (sulfide) groups is 1. The number of carbonyl (C=O) groups is 4. The molecule has 2 aromatic rings. The molecule has 29 heteroatoms. The van der Waals surface area contributed by atoms with Gasteiger partial charge in [0.15, 0.2) is 28.6 Å². The number of nitrogens with zero attached hydrogens (tertiary/aromatic N) is 4. The summed E-state index contributed by atoms with van der Waals surface area (Å²) in [7, 11) is -17.7. The van der Waals surface area contributed by atoms with Crippen molar-refractivity contribution in [3.05, 3.63) is 36.5 Å². The zero-order valence-electron chi connectivity index (χ0n) is 40.2. The number of amides is 2. The monoisotopic (exact) mass is 1090 g/mol. The lowest BCUT2D eigenvalue weighted by molar-refractivity contribution is -0.347. The van der Waals surface area contributed by atoms with Crippen molar-refractivity contribution in [1.82, 2.24) is 30.2 Å². The third-order valence-corrected chi connectivity index (χ3v) is 19.4. The van der Waals surface area contributed by atoms with E-state index in [2.05, 4.69) is 63.4 Å². The maximum atomic E-state index is 13.5. The number of hydrogen-bond donors (Lipinski definition) is 5. The van der Waals surface area contributed by atoms with Crippen molar-refractivity contribution in [3.8, 4) is 0 Å². The molecule has 3 heterocycles. The van der Waals surface area contributed by atoms with Gasteiger partial charge in [0.2, 0.25) is 11.8 Å². The molecule has 2 unspecified atom stereocenters. The number of aliphatic hydroxyl groups excluding tert-OH is 2. The molecule has 0 bridgehead atoms. The van der Waals surface area contributed by atoms with Crippen LogP contribution in [0.15, 0.2) is 36.5 Å². The number of anilines is 1. The van der Waals surface area contributed by atoms with E-state index in [1.54, 1.807) is 6.08 Å². The van der Waals surface area contributed by atoms with Crippen molar-refractivity contribution in [1.29, 1.82) is 0 Å². The number of imidazole rings is 1. The molecular formula is C43H60N7O18P3S-4. The molecule has 4 aliphatic carbocycles. The van der Waals surface area contributed by atoms with Crippen LogP contribution in [0.2, 0.25) is 0 Å². The van der Waals surface area contributed by atoms with Gasteiger partial charge in [-0.25, -0.2) is 19.3 Å². The molecule has 25 nitrogen and oxygen atoms in total. The van der Waals surface area contributed by atoms with Crippen LogP contribution in [0.4, 0.5) is 5.82 Å².